The fourth-order valence-corrected chi connectivity index (χ4v) is 4.63. The molecule has 0 unspecified atom stereocenters. The van der Waals surface area contributed by atoms with Crippen molar-refractivity contribution in [3.05, 3.63) is 60.4 Å². The molecule has 4 nitrogen and oxygen atoms in total. The third-order valence-electron chi connectivity index (χ3n) is 6.53. The molecule has 1 aliphatic carbocycles. The summed E-state index contributed by atoms with van der Waals surface area (Å²) in [7, 11) is 0. The van der Waals surface area contributed by atoms with Gasteiger partial charge in [0.1, 0.15) is 6.07 Å². The molecule has 1 aliphatic heterocycles. The Labute approximate surface area is 180 Å². The van der Waals surface area contributed by atoms with Crippen LogP contribution in [-0.2, 0) is 0 Å². The molecule has 4 rings (SSSR count). The van der Waals surface area contributed by atoms with E-state index in [0.717, 1.165) is 29.9 Å². The molecule has 0 atom stereocenters. The van der Waals surface area contributed by atoms with Gasteiger partial charge in [-0.05, 0) is 63.6 Å². The average Bonchev–Trinajstić information content (AvgIpc) is 3.59. The van der Waals surface area contributed by atoms with Crippen LogP contribution in [0.3, 0.4) is 0 Å². The van der Waals surface area contributed by atoms with Gasteiger partial charge in [-0.15, -0.1) is 0 Å². The number of hydrogen-bond acceptors (Lipinski definition) is 4. The molecule has 1 saturated heterocycles. The highest BCUT2D eigenvalue weighted by Crippen LogP contribution is 2.38. The van der Waals surface area contributed by atoms with E-state index in [1.165, 1.54) is 31.2 Å². The number of nitrogens with zero attached hydrogens (tertiary/aromatic N) is 4. The van der Waals surface area contributed by atoms with Gasteiger partial charge in [0.2, 0.25) is 0 Å². The van der Waals surface area contributed by atoms with Crippen molar-refractivity contribution in [1.82, 2.24) is 14.8 Å². The Balaban J connectivity index is 1.51. The highest BCUT2D eigenvalue weighted by molar-refractivity contribution is 5.72. The summed E-state index contributed by atoms with van der Waals surface area (Å²) in [5, 5.41) is 9.36. The van der Waals surface area contributed by atoms with Gasteiger partial charge in [0.25, 0.3) is 0 Å². The van der Waals surface area contributed by atoms with Crippen LogP contribution in [0.2, 0.25) is 0 Å². The Morgan fingerprint density at radius 1 is 1.07 bits per heavy atom. The maximum atomic E-state index is 9.36. The van der Waals surface area contributed by atoms with Gasteiger partial charge < -0.3 is 4.90 Å². The number of likely N-dealkylation sites (tertiary alicyclic amines) is 1. The lowest BCUT2D eigenvalue weighted by molar-refractivity contribution is 0.0728. The minimum Gasteiger partial charge on any atom is -0.365 e. The molecule has 0 spiro atoms. The smallest absolute Gasteiger partial charge is 0.101 e. The largest absolute Gasteiger partial charge is 0.365 e. The summed E-state index contributed by atoms with van der Waals surface area (Å²) in [6, 6.07) is 13.9. The van der Waals surface area contributed by atoms with Crippen LogP contribution in [0, 0.1) is 11.3 Å². The zero-order chi connectivity index (χ0) is 21.3. The van der Waals surface area contributed by atoms with Gasteiger partial charge in [-0.1, -0.05) is 30.8 Å². The molecule has 156 valence electrons. The maximum Gasteiger partial charge on any atom is 0.101 e. The first-order valence-electron chi connectivity index (χ1n) is 11.1. The van der Waals surface area contributed by atoms with E-state index >= 15 is 0 Å². The first-order chi connectivity index (χ1) is 14.4. The summed E-state index contributed by atoms with van der Waals surface area (Å²) in [6.07, 6.45) is 8.32. The van der Waals surface area contributed by atoms with E-state index in [9.17, 15) is 5.26 Å². The molecule has 1 aromatic carbocycles. The van der Waals surface area contributed by atoms with E-state index in [-0.39, 0.29) is 5.54 Å². The van der Waals surface area contributed by atoms with Crippen molar-refractivity contribution in [2.24, 2.45) is 0 Å². The molecule has 4 heteroatoms. The van der Waals surface area contributed by atoms with Crippen LogP contribution in [0.25, 0.3) is 16.8 Å². The molecule has 0 bridgehead atoms. The van der Waals surface area contributed by atoms with Gasteiger partial charge >= 0.3 is 0 Å². The van der Waals surface area contributed by atoms with Gasteiger partial charge in [-0.2, -0.15) is 5.26 Å². The maximum absolute atomic E-state index is 9.36. The van der Waals surface area contributed by atoms with Crippen LogP contribution in [0.15, 0.2) is 49.3 Å². The zero-order valence-electron chi connectivity index (χ0n) is 18.4. The van der Waals surface area contributed by atoms with Crippen molar-refractivity contribution < 1.29 is 0 Å². The summed E-state index contributed by atoms with van der Waals surface area (Å²) in [5.74, 6) is 0. The minimum atomic E-state index is 0.247. The number of aromatic nitrogens is 1. The Hall–Kier alpha value is -2.64. The van der Waals surface area contributed by atoms with Crippen LogP contribution < -0.4 is 0 Å². The lowest BCUT2D eigenvalue weighted by atomic mass is 9.95. The SMILES string of the molecule is C=C(c1ccc(-c2ccncc2C#N)cc1)N(C1CC1)C1CCN(C(C)(C)C)CC1. The van der Waals surface area contributed by atoms with E-state index in [1.54, 1.807) is 12.4 Å². The van der Waals surface area contributed by atoms with Crippen molar-refractivity contribution >= 4 is 5.70 Å². The molecule has 2 fully saturated rings. The van der Waals surface area contributed by atoms with Crippen molar-refractivity contribution in [3.8, 4) is 17.2 Å². The minimum absolute atomic E-state index is 0.247. The monoisotopic (exact) mass is 400 g/mol. The first-order valence-corrected chi connectivity index (χ1v) is 11.1. The molecule has 1 saturated carbocycles. The molecular formula is C26H32N4. The third-order valence-corrected chi connectivity index (χ3v) is 6.53. The van der Waals surface area contributed by atoms with Crippen LogP contribution in [0.4, 0.5) is 0 Å². The molecule has 0 radical (unpaired) electrons. The van der Waals surface area contributed by atoms with E-state index in [0.29, 0.717) is 17.6 Å². The molecular weight excluding hydrogens is 368 g/mol. The van der Waals surface area contributed by atoms with Gasteiger partial charge in [0.15, 0.2) is 0 Å². The highest BCUT2D eigenvalue weighted by atomic mass is 15.3. The van der Waals surface area contributed by atoms with Crippen LogP contribution in [-0.4, -0.2) is 45.5 Å². The zero-order valence-corrected chi connectivity index (χ0v) is 18.4. The molecule has 2 aliphatic rings. The lowest BCUT2D eigenvalue weighted by Gasteiger charge is -2.45. The summed E-state index contributed by atoms with van der Waals surface area (Å²) in [5.41, 5.74) is 5.15. The van der Waals surface area contributed by atoms with E-state index in [4.69, 9.17) is 0 Å². The normalized spacial score (nSPS) is 18.1. The Kier molecular flexibility index (Phi) is 5.66. The Morgan fingerprint density at radius 3 is 2.27 bits per heavy atom. The summed E-state index contributed by atoms with van der Waals surface area (Å²) in [6.45, 7) is 13.8. The summed E-state index contributed by atoms with van der Waals surface area (Å²) < 4.78 is 0. The van der Waals surface area contributed by atoms with Gasteiger partial charge in [0.05, 0.1) is 5.56 Å². The molecule has 2 heterocycles. The molecule has 0 amide bonds. The lowest BCUT2D eigenvalue weighted by Crippen LogP contribution is -2.50. The topological polar surface area (TPSA) is 43.2 Å². The van der Waals surface area contributed by atoms with E-state index in [2.05, 4.69) is 72.5 Å². The van der Waals surface area contributed by atoms with Gasteiger partial charge in [-0.25, -0.2) is 0 Å². The number of piperidine rings is 1. The second-order valence-corrected chi connectivity index (χ2v) is 9.58. The van der Waals surface area contributed by atoms with Crippen LogP contribution in [0.5, 0.6) is 0 Å². The van der Waals surface area contributed by atoms with Gasteiger partial charge in [0, 0.05) is 54.4 Å². The molecule has 1 aromatic heterocycles. The van der Waals surface area contributed by atoms with E-state index < -0.39 is 0 Å². The highest BCUT2D eigenvalue weighted by Gasteiger charge is 2.37. The average molecular weight is 401 g/mol. The summed E-state index contributed by atoms with van der Waals surface area (Å²) >= 11 is 0. The van der Waals surface area contributed by atoms with E-state index in [1.807, 2.05) is 6.07 Å². The van der Waals surface area contributed by atoms with Crippen LogP contribution >= 0.6 is 0 Å². The molecule has 0 N–H and O–H groups in total. The van der Waals surface area contributed by atoms with Gasteiger partial charge in [-0.3, -0.25) is 9.88 Å². The number of hydrogen-bond donors (Lipinski definition) is 0. The van der Waals surface area contributed by atoms with Crippen LogP contribution in [0.1, 0.15) is 57.6 Å². The van der Waals surface area contributed by atoms with Crippen molar-refractivity contribution in [3.63, 3.8) is 0 Å². The predicted octanol–water partition coefficient (Wildman–Crippen LogP) is 5.32. The quantitative estimate of drug-likeness (QED) is 0.681. The van der Waals surface area contributed by atoms with Crippen molar-refractivity contribution in [1.29, 1.82) is 5.26 Å². The number of benzene rings is 1. The Bertz CT molecular complexity index is 936. The molecule has 2 aromatic rings. The summed E-state index contributed by atoms with van der Waals surface area (Å²) in [4.78, 5) is 9.28. The second-order valence-electron chi connectivity index (χ2n) is 9.58. The number of nitriles is 1. The van der Waals surface area contributed by atoms with Crippen molar-refractivity contribution in [2.75, 3.05) is 13.1 Å². The number of rotatable bonds is 5. The fraction of sp³-hybridized carbons (Fsp3) is 0.462. The fourth-order valence-electron chi connectivity index (χ4n) is 4.63. The third kappa shape index (κ3) is 4.27. The predicted molar refractivity (Wildman–Crippen MR) is 123 cm³/mol. The standard InChI is InChI=1S/C26H32N4/c1-19(20-5-7-21(8-6-20)25-11-14-28-18-22(25)17-27)30(23-9-10-23)24-12-15-29(16-13-24)26(2,3)4/h5-8,11,14,18,23-24H,1,9-10,12-13,15-16H2,2-4H3. The Morgan fingerprint density at radius 2 is 1.70 bits per heavy atom. The van der Waals surface area contributed by atoms with Crippen molar-refractivity contribution in [2.45, 2.75) is 64.1 Å². The number of pyridine rings is 1. The molecule has 30 heavy (non-hydrogen) atoms. The first kappa shape index (κ1) is 20.6. The second kappa shape index (κ2) is 8.24.